The van der Waals surface area contributed by atoms with Gasteiger partial charge in [-0.25, -0.2) is 18.4 Å². The number of anilines is 1. The number of nitrogens with two attached hydrogens (primary N) is 1. The molecule has 1 amide bonds. The van der Waals surface area contributed by atoms with Gasteiger partial charge in [0, 0.05) is 9.26 Å². The zero-order valence-corrected chi connectivity index (χ0v) is 16.1. The summed E-state index contributed by atoms with van der Waals surface area (Å²) >= 11 is 2.11. The third-order valence-corrected chi connectivity index (χ3v) is 4.83. The Morgan fingerprint density at radius 2 is 1.64 bits per heavy atom. The maximum Gasteiger partial charge on any atom is 0.338 e. The van der Waals surface area contributed by atoms with Crippen LogP contribution in [0.15, 0.2) is 53.4 Å². The van der Waals surface area contributed by atoms with Crippen molar-refractivity contribution in [1.82, 2.24) is 0 Å². The number of halogens is 1. The molecule has 0 aliphatic carbocycles. The number of carbonyl (C=O) groups is 2. The number of carbonyl (C=O) groups excluding carboxylic acids is 2. The Bertz CT molecular complexity index is 880. The molecule has 0 aromatic heterocycles. The first-order valence-corrected chi connectivity index (χ1v) is 9.69. The number of hydrogen-bond acceptors (Lipinski definition) is 5. The highest BCUT2D eigenvalue weighted by atomic mass is 127. The average molecular weight is 474 g/mol. The minimum absolute atomic E-state index is 0.0660. The summed E-state index contributed by atoms with van der Waals surface area (Å²) < 4.78 is 28.5. The standard InChI is InChI=1S/C16H15IN2O5S/c1-10(24-16(21)11-2-4-12(17)5-3-11)15(20)19-13-6-8-14(9-7-13)25(18,22)23/h2-10H,1H3,(H,19,20)(H2,18,22,23)/t10-/m1/s1. The van der Waals surface area contributed by atoms with Crippen LogP contribution < -0.4 is 10.5 Å². The number of primary sulfonamides is 1. The smallest absolute Gasteiger partial charge is 0.338 e. The summed E-state index contributed by atoms with van der Waals surface area (Å²) in [4.78, 5) is 24.0. The maximum atomic E-state index is 12.1. The van der Waals surface area contributed by atoms with E-state index in [2.05, 4.69) is 27.9 Å². The average Bonchev–Trinajstić information content (AvgIpc) is 2.55. The Morgan fingerprint density at radius 1 is 1.08 bits per heavy atom. The van der Waals surface area contributed by atoms with E-state index in [9.17, 15) is 18.0 Å². The second kappa shape index (κ2) is 7.93. The fourth-order valence-electron chi connectivity index (χ4n) is 1.84. The second-order valence-corrected chi connectivity index (χ2v) is 7.92. The molecule has 2 aromatic rings. The zero-order chi connectivity index (χ0) is 18.6. The van der Waals surface area contributed by atoms with Crippen molar-refractivity contribution < 1.29 is 22.7 Å². The molecule has 7 nitrogen and oxygen atoms in total. The lowest BCUT2D eigenvalue weighted by molar-refractivity contribution is -0.123. The number of hydrogen-bond donors (Lipinski definition) is 2. The van der Waals surface area contributed by atoms with Crippen LogP contribution in [0.25, 0.3) is 0 Å². The van der Waals surface area contributed by atoms with Gasteiger partial charge < -0.3 is 10.1 Å². The molecule has 0 heterocycles. The van der Waals surface area contributed by atoms with Crippen LogP contribution >= 0.6 is 22.6 Å². The van der Waals surface area contributed by atoms with Gasteiger partial charge in [-0.1, -0.05) is 0 Å². The summed E-state index contributed by atoms with van der Waals surface area (Å²) in [5.41, 5.74) is 0.701. The predicted molar refractivity (Wildman–Crippen MR) is 100 cm³/mol. The highest BCUT2D eigenvalue weighted by Gasteiger charge is 2.19. The number of nitrogens with one attached hydrogen (secondary N) is 1. The molecule has 2 rings (SSSR count). The molecule has 132 valence electrons. The Morgan fingerprint density at radius 3 is 2.16 bits per heavy atom. The fraction of sp³-hybridized carbons (Fsp3) is 0.125. The fourth-order valence-corrected chi connectivity index (χ4v) is 2.71. The van der Waals surface area contributed by atoms with Crippen molar-refractivity contribution in [3.05, 3.63) is 57.7 Å². The van der Waals surface area contributed by atoms with Crippen LogP contribution in [-0.4, -0.2) is 26.4 Å². The normalized spacial score (nSPS) is 12.3. The van der Waals surface area contributed by atoms with Gasteiger partial charge in [-0.3, -0.25) is 4.79 Å². The van der Waals surface area contributed by atoms with Crippen LogP contribution in [0.2, 0.25) is 0 Å². The molecule has 25 heavy (non-hydrogen) atoms. The van der Waals surface area contributed by atoms with Crippen molar-refractivity contribution in [2.75, 3.05) is 5.32 Å². The van der Waals surface area contributed by atoms with Gasteiger partial charge in [0.25, 0.3) is 5.91 Å². The van der Waals surface area contributed by atoms with Gasteiger partial charge >= 0.3 is 5.97 Å². The van der Waals surface area contributed by atoms with Crippen molar-refractivity contribution in [3.63, 3.8) is 0 Å². The highest BCUT2D eigenvalue weighted by Crippen LogP contribution is 2.14. The topological polar surface area (TPSA) is 116 Å². The van der Waals surface area contributed by atoms with Gasteiger partial charge in [-0.05, 0) is 78.0 Å². The van der Waals surface area contributed by atoms with Gasteiger partial charge in [0.15, 0.2) is 6.10 Å². The number of sulfonamides is 1. The summed E-state index contributed by atoms with van der Waals surface area (Å²) in [6, 6.07) is 12.1. The largest absolute Gasteiger partial charge is 0.449 e. The van der Waals surface area contributed by atoms with Gasteiger partial charge in [0.2, 0.25) is 10.0 Å². The molecule has 0 aliphatic heterocycles. The number of amides is 1. The Kier molecular flexibility index (Phi) is 6.14. The van der Waals surface area contributed by atoms with Crippen LogP contribution in [0, 0.1) is 3.57 Å². The van der Waals surface area contributed by atoms with Crippen LogP contribution in [0.3, 0.4) is 0 Å². The third-order valence-electron chi connectivity index (χ3n) is 3.18. The lowest BCUT2D eigenvalue weighted by Gasteiger charge is -2.13. The van der Waals surface area contributed by atoms with Crippen molar-refractivity contribution in [3.8, 4) is 0 Å². The van der Waals surface area contributed by atoms with E-state index < -0.39 is 28.0 Å². The number of rotatable bonds is 5. The van der Waals surface area contributed by atoms with E-state index in [1.165, 1.54) is 31.2 Å². The van der Waals surface area contributed by atoms with Gasteiger partial charge in [0.05, 0.1) is 10.5 Å². The van der Waals surface area contributed by atoms with Crippen LogP contribution in [0.4, 0.5) is 5.69 Å². The van der Waals surface area contributed by atoms with Crippen molar-refractivity contribution in [1.29, 1.82) is 0 Å². The van der Waals surface area contributed by atoms with Crippen molar-refractivity contribution >= 4 is 50.2 Å². The lowest BCUT2D eigenvalue weighted by Crippen LogP contribution is -2.30. The molecule has 1 atom stereocenters. The number of ether oxygens (including phenoxy) is 1. The second-order valence-electron chi connectivity index (χ2n) is 5.11. The first-order chi connectivity index (χ1) is 11.7. The van der Waals surface area contributed by atoms with Gasteiger partial charge in [-0.2, -0.15) is 0 Å². The van der Waals surface area contributed by atoms with E-state index >= 15 is 0 Å². The molecular formula is C16H15IN2O5S. The molecule has 2 aromatic carbocycles. The highest BCUT2D eigenvalue weighted by molar-refractivity contribution is 14.1. The first kappa shape index (κ1) is 19.3. The van der Waals surface area contributed by atoms with E-state index in [0.29, 0.717) is 11.3 Å². The lowest BCUT2D eigenvalue weighted by atomic mass is 10.2. The molecule has 0 saturated heterocycles. The van der Waals surface area contributed by atoms with Gasteiger partial charge in [-0.15, -0.1) is 0 Å². The number of esters is 1. The van der Waals surface area contributed by atoms with E-state index in [1.807, 2.05) is 0 Å². The minimum Gasteiger partial charge on any atom is -0.449 e. The van der Waals surface area contributed by atoms with Crippen LogP contribution in [0.1, 0.15) is 17.3 Å². The Labute approximate surface area is 158 Å². The molecule has 0 fully saturated rings. The summed E-state index contributed by atoms with van der Waals surface area (Å²) in [7, 11) is -3.80. The zero-order valence-electron chi connectivity index (χ0n) is 13.1. The molecule has 0 saturated carbocycles. The molecule has 3 N–H and O–H groups in total. The molecule has 0 radical (unpaired) electrons. The van der Waals surface area contributed by atoms with E-state index in [0.717, 1.165) is 3.57 Å². The molecule has 0 aliphatic rings. The summed E-state index contributed by atoms with van der Waals surface area (Å²) in [5.74, 6) is -1.15. The van der Waals surface area contributed by atoms with E-state index in [-0.39, 0.29) is 4.90 Å². The van der Waals surface area contributed by atoms with Gasteiger partial charge in [0.1, 0.15) is 0 Å². The van der Waals surface area contributed by atoms with Crippen LogP contribution in [-0.2, 0) is 19.6 Å². The summed E-state index contributed by atoms with van der Waals surface area (Å²) in [5, 5.41) is 7.54. The predicted octanol–water partition coefficient (Wildman–Crippen LogP) is 2.12. The van der Waals surface area contributed by atoms with E-state index in [4.69, 9.17) is 9.88 Å². The molecule has 9 heteroatoms. The van der Waals surface area contributed by atoms with E-state index in [1.54, 1.807) is 24.3 Å². The maximum absolute atomic E-state index is 12.1. The Balaban J connectivity index is 1.98. The Hall–Kier alpha value is -1.98. The number of benzene rings is 2. The summed E-state index contributed by atoms with van der Waals surface area (Å²) in [6.45, 7) is 1.44. The quantitative estimate of drug-likeness (QED) is 0.509. The summed E-state index contributed by atoms with van der Waals surface area (Å²) in [6.07, 6.45) is -1.02. The molecule has 0 unspecified atom stereocenters. The molecular weight excluding hydrogens is 459 g/mol. The SMILES string of the molecule is C[C@@H](OC(=O)c1ccc(I)cc1)C(=O)Nc1ccc(S(N)(=O)=O)cc1. The van der Waals surface area contributed by atoms with Crippen molar-refractivity contribution in [2.24, 2.45) is 5.14 Å². The van der Waals surface area contributed by atoms with Crippen molar-refractivity contribution in [2.45, 2.75) is 17.9 Å². The molecule has 0 bridgehead atoms. The molecule has 0 spiro atoms. The minimum atomic E-state index is -3.80. The monoisotopic (exact) mass is 474 g/mol. The third kappa shape index (κ3) is 5.51. The van der Waals surface area contributed by atoms with Crippen LogP contribution in [0.5, 0.6) is 0 Å². The first-order valence-electron chi connectivity index (χ1n) is 7.07.